The average molecular weight is 811 g/mol. The molecule has 0 saturated carbocycles. The fourth-order valence-corrected chi connectivity index (χ4v) is 8.69. The summed E-state index contributed by atoms with van der Waals surface area (Å²) < 4.78 is 1.99. The number of carbonyl (C=O) groups excluding carboxylic acids is 2. The van der Waals surface area contributed by atoms with E-state index in [1.807, 2.05) is 89.5 Å². The molecule has 1 unspecified atom stereocenters. The normalized spacial score (nSPS) is 13.2. The third-order valence-electron chi connectivity index (χ3n) is 11.7. The lowest BCUT2D eigenvalue weighted by atomic mass is 9.84. The van der Waals surface area contributed by atoms with Crippen LogP contribution in [0.5, 0.6) is 0 Å². The van der Waals surface area contributed by atoms with Crippen LogP contribution in [-0.2, 0) is 0 Å². The van der Waals surface area contributed by atoms with Crippen LogP contribution in [0.15, 0.2) is 170 Å². The number of hydrogen-bond acceptors (Lipinski definition) is 6. The lowest BCUT2D eigenvalue weighted by Crippen LogP contribution is -2.29. The van der Waals surface area contributed by atoms with Gasteiger partial charge in [-0.15, -0.1) is 0 Å². The molecule has 1 aliphatic carbocycles. The van der Waals surface area contributed by atoms with Crippen molar-refractivity contribution in [3.63, 3.8) is 0 Å². The Morgan fingerprint density at radius 3 is 1.63 bits per heavy atom. The third-order valence-corrected chi connectivity index (χ3v) is 11.7. The molecular weight excluding hydrogens is 777 g/mol. The fraction of sp³-hybridized carbons (Fsp3) is 0.0545. The summed E-state index contributed by atoms with van der Waals surface area (Å²) in [6.07, 6.45) is 5.52. The summed E-state index contributed by atoms with van der Waals surface area (Å²) in [6, 6.07) is 56.0. The van der Waals surface area contributed by atoms with E-state index in [1.54, 1.807) is 60.5 Å². The van der Waals surface area contributed by atoms with Crippen molar-refractivity contribution in [3.8, 4) is 52.2 Å². The van der Waals surface area contributed by atoms with E-state index in [1.165, 1.54) is 5.56 Å². The highest BCUT2D eigenvalue weighted by Gasteiger charge is 2.29. The van der Waals surface area contributed by atoms with Crippen LogP contribution in [0.25, 0.3) is 55.3 Å². The predicted molar refractivity (Wildman–Crippen MR) is 244 cm³/mol. The van der Waals surface area contributed by atoms with Crippen molar-refractivity contribution in [1.82, 2.24) is 9.47 Å². The summed E-state index contributed by atoms with van der Waals surface area (Å²) in [5.74, 6) is -0.265. The number of likely N-dealkylation sites (N-methyl/N-ethyl adjacent to an activating group) is 1. The Labute approximate surface area is 364 Å². The number of aromatic nitrogens is 1. The topological polar surface area (TPSA) is 137 Å². The molecule has 296 valence electrons. The van der Waals surface area contributed by atoms with Gasteiger partial charge in [-0.05, 0) is 118 Å². The van der Waals surface area contributed by atoms with Gasteiger partial charge in [0.1, 0.15) is 0 Å². The molecule has 0 spiro atoms. The highest BCUT2D eigenvalue weighted by Crippen LogP contribution is 2.41. The molecule has 63 heavy (non-hydrogen) atoms. The SMILES string of the molecule is CN(C(=O)c1c(C=O)cccc1-n1c2ccc(-c3cc(C#N)cc(C#N)c3)cc2c2cc(-c3cc(C#N)cc(C#N)c3)ccc21)C1=C(c2ccccc2)CC(c2ccccc2)C=C1. The van der Waals surface area contributed by atoms with Gasteiger partial charge < -0.3 is 9.47 Å². The summed E-state index contributed by atoms with van der Waals surface area (Å²) >= 11 is 0. The number of benzene rings is 7. The maximum atomic E-state index is 15.2. The standard InChI is InChI=1S/C55H34N6O2/c1-60(50-18-15-41(39-9-4-2-5-10-39)27-47(50)40-11-6-3-7-12-40)55(63)54-44(34-62)13-8-14-53(54)61-51-19-16-42(45-23-35(30-56)21-36(24-45)31-57)28-48(51)49-29-43(17-20-52(49)61)46-25-37(32-58)22-38(26-46)33-59/h2-26,28-29,34,41H,27H2,1H3. The molecule has 1 atom stereocenters. The quantitative estimate of drug-likeness (QED) is 0.140. The van der Waals surface area contributed by atoms with E-state index in [0.29, 0.717) is 51.8 Å². The number of rotatable bonds is 8. The third kappa shape index (κ3) is 7.21. The van der Waals surface area contributed by atoms with Gasteiger partial charge in [-0.25, -0.2) is 0 Å². The number of carbonyl (C=O) groups is 2. The molecule has 1 aliphatic rings. The molecule has 8 aromatic rings. The van der Waals surface area contributed by atoms with Crippen LogP contribution in [0.2, 0.25) is 0 Å². The van der Waals surface area contributed by atoms with Crippen LogP contribution in [-0.4, -0.2) is 28.7 Å². The largest absolute Gasteiger partial charge is 0.311 e. The maximum Gasteiger partial charge on any atom is 0.260 e. The molecule has 9 rings (SSSR count). The Bertz CT molecular complexity index is 3230. The highest BCUT2D eigenvalue weighted by atomic mass is 16.2. The molecule has 0 bridgehead atoms. The van der Waals surface area contributed by atoms with Gasteiger partial charge in [0.15, 0.2) is 6.29 Å². The number of aldehydes is 1. The lowest BCUT2D eigenvalue weighted by molar-refractivity contribution is 0.0837. The van der Waals surface area contributed by atoms with Crippen molar-refractivity contribution < 1.29 is 9.59 Å². The first-order valence-electron chi connectivity index (χ1n) is 20.2. The van der Waals surface area contributed by atoms with Gasteiger partial charge in [-0.3, -0.25) is 9.59 Å². The van der Waals surface area contributed by atoms with Gasteiger partial charge in [0.2, 0.25) is 0 Å². The molecule has 1 aromatic heterocycles. The molecule has 1 heterocycles. The number of fused-ring (bicyclic) bond motifs is 3. The Hall–Kier alpha value is -9.08. The van der Waals surface area contributed by atoms with E-state index in [4.69, 9.17) is 0 Å². The van der Waals surface area contributed by atoms with Crippen LogP contribution >= 0.6 is 0 Å². The Morgan fingerprint density at radius 2 is 1.13 bits per heavy atom. The smallest absolute Gasteiger partial charge is 0.260 e. The van der Waals surface area contributed by atoms with E-state index < -0.39 is 0 Å². The van der Waals surface area contributed by atoms with Crippen molar-refractivity contribution >= 4 is 39.6 Å². The van der Waals surface area contributed by atoms with Gasteiger partial charge >= 0.3 is 0 Å². The zero-order chi connectivity index (χ0) is 43.6. The molecular formula is C55H34N6O2. The van der Waals surface area contributed by atoms with Crippen LogP contribution in [0.1, 0.15) is 66.4 Å². The van der Waals surface area contributed by atoms with Crippen LogP contribution in [0, 0.1) is 45.3 Å². The lowest BCUT2D eigenvalue weighted by Gasteiger charge is -2.29. The Morgan fingerprint density at radius 1 is 0.603 bits per heavy atom. The van der Waals surface area contributed by atoms with Gasteiger partial charge in [0, 0.05) is 35.0 Å². The first-order chi connectivity index (χ1) is 30.8. The summed E-state index contributed by atoms with van der Waals surface area (Å²) in [5, 5.41) is 40.7. The number of nitriles is 4. The summed E-state index contributed by atoms with van der Waals surface area (Å²) in [7, 11) is 1.75. The minimum Gasteiger partial charge on any atom is -0.311 e. The van der Waals surface area contributed by atoms with Gasteiger partial charge in [-0.2, -0.15) is 21.0 Å². The fourth-order valence-electron chi connectivity index (χ4n) is 8.69. The monoisotopic (exact) mass is 810 g/mol. The molecule has 1 amide bonds. The summed E-state index contributed by atoms with van der Waals surface area (Å²) in [6.45, 7) is 0. The van der Waals surface area contributed by atoms with Crippen molar-refractivity contribution in [2.45, 2.75) is 12.3 Å². The van der Waals surface area contributed by atoms with Crippen molar-refractivity contribution in [3.05, 3.63) is 214 Å². The van der Waals surface area contributed by atoms with Gasteiger partial charge in [-0.1, -0.05) is 91.0 Å². The minimum absolute atomic E-state index is 0.0987. The Balaban J connectivity index is 1.25. The number of amides is 1. The zero-order valence-electron chi connectivity index (χ0n) is 34.0. The average Bonchev–Trinajstić information content (AvgIpc) is 3.68. The van der Waals surface area contributed by atoms with Crippen molar-refractivity contribution in [1.29, 1.82) is 21.0 Å². The Kier molecular flexibility index (Phi) is 10.3. The minimum atomic E-state index is -0.364. The maximum absolute atomic E-state index is 15.2. The second-order valence-electron chi connectivity index (χ2n) is 15.4. The van der Waals surface area contributed by atoms with E-state index in [-0.39, 0.29) is 23.0 Å². The zero-order valence-corrected chi connectivity index (χ0v) is 34.0. The second kappa shape index (κ2) is 16.5. The molecule has 7 aromatic carbocycles. The first kappa shape index (κ1) is 39.4. The first-order valence-corrected chi connectivity index (χ1v) is 20.2. The molecule has 8 nitrogen and oxygen atoms in total. The molecule has 0 N–H and O–H groups in total. The van der Waals surface area contributed by atoms with Crippen molar-refractivity contribution in [2.24, 2.45) is 0 Å². The number of hydrogen-bond donors (Lipinski definition) is 0. The molecule has 0 aliphatic heterocycles. The van der Waals surface area contributed by atoms with E-state index in [2.05, 4.69) is 54.6 Å². The van der Waals surface area contributed by atoms with Crippen LogP contribution < -0.4 is 0 Å². The number of allylic oxidation sites excluding steroid dienone is 3. The van der Waals surface area contributed by atoms with Gasteiger partial charge in [0.05, 0.1) is 68.8 Å². The van der Waals surface area contributed by atoms with Gasteiger partial charge in [0.25, 0.3) is 5.91 Å². The van der Waals surface area contributed by atoms with E-state index in [0.717, 1.165) is 49.8 Å². The summed E-state index contributed by atoms with van der Waals surface area (Å²) in [4.78, 5) is 29.9. The summed E-state index contributed by atoms with van der Waals surface area (Å²) in [5.41, 5.74) is 10.6. The van der Waals surface area contributed by atoms with Crippen molar-refractivity contribution in [2.75, 3.05) is 7.05 Å². The molecule has 0 radical (unpaired) electrons. The van der Waals surface area contributed by atoms with Crippen LogP contribution in [0.4, 0.5) is 0 Å². The molecule has 0 fully saturated rings. The number of nitrogens with zero attached hydrogens (tertiary/aromatic N) is 6. The van der Waals surface area contributed by atoms with Crippen LogP contribution in [0.3, 0.4) is 0 Å². The highest BCUT2D eigenvalue weighted by molar-refractivity contribution is 6.14. The molecule has 8 heteroatoms. The molecule has 0 saturated heterocycles. The van der Waals surface area contributed by atoms with E-state index >= 15 is 4.79 Å². The van der Waals surface area contributed by atoms with E-state index in [9.17, 15) is 25.8 Å². The predicted octanol–water partition coefficient (Wildman–Crippen LogP) is 11.6. The second-order valence-corrected chi connectivity index (χ2v) is 15.4.